The highest BCUT2D eigenvalue weighted by Crippen LogP contribution is 2.31. The summed E-state index contributed by atoms with van der Waals surface area (Å²) >= 11 is 0. The molecule has 2 unspecified atom stereocenters. The van der Waals surface area contributed by atoms with Crippen molar-refractivity contribution in [2.45, 2.75) is 39.2 Å². The Bertz CT molecular complexity index is 383. The van der Waals surface area contributed by atoms with Crippen LogP contribution in [0.2, 0.25) is 0 Å². The summed E-state index contributed by atoms with van der Waals surface area (Å²) in [5.41, 5.74) is -0.247. The van der Waals surface area contributed by atoms with Crippen LogP contribution >= 0.6 is 0 Å². The zero-order chi connectivity index (χ0) is 13.0. The molecule has 1 saturated heterocycles. The van der Waals surface area contributed by atoms with Crippen LogP contribution in [0.15, 0.2) is 6.33 Å². The van der Waals surface area contributed by atoms with Gasteiger partial charge in [-0.1, -0.05) is 13.3 Å². The lowest BCUT2D eigenvalue weighted by molar-refractivity contribution is -0.131. The first-order valence-corrected chi connectivity index (χ1v) is 6.55. The number of amides is 1. The molecule has 1 aromatic rings. The van der Waals surface area contributed by atoms with Crippen molar-refractivity contribution in [2.24, 2.45) is 5.41 Å². The molecule has 0 spiro atoms. The fourth-order valence-electron chi connectivity index (χ4n) is 2.58. The number of aromatic nitrogens is 3. The first kappa shape index (κ1) is 13.0. The Balaban J connectivity index is 2.01. The molecular formula is C12H21N5O. The minimum Gasteiger partial charge on any atom is -0.346 e. The molecule has 0 radical (unpaired) electrons. The molecule has 0 bridgehead atoms. The van der Waals surface area contributed by atoms with E-state index in [1.54, 1.807) is 0 Å². The van der Waals surface area contributed by atoms with Crippen molar-refractivity contribution in [3.63, 3.8) is 0 Å². The second kappa shape index (κ2) is 5.48. The molecule has 1 aliphatic rings. The number of nitrogens with one attached hydrogen (secondary N) is 3. The summed E-state index contributed by atoms with van der Waals surface area (Å²) in [5.74, 6) is 0.819. The van der Waals surface area contributed by atoms with Crippen molar-refractivity contribution in [3.05, 3.63) is 12.2 Å². The molecule has 1 aliphatic heterocycles. The summed E-state index contributed by atoms with van der Waals surface area (Å²) < 4.78 is 0. The maximum Gasteiger partial charge on any atom is 0.228 e. The maximum atomic E-state index is 12.4. The van der Waals surface area contributed by atoms with Crippen LogP contribution in [0.3, 0.4) is 0 Å². The van der Waals surface area contributed by atoms with Crippen LogP contribution in [0.25, 0.3) is 0 Å². The van der Waals surface area contributed by atoms with Crippen molar-refractivity contribution in [1.82, 2.24) is 25.8 Å². The zero-order valence-corrected chi connectivity index (χ0v) is 11.0. The quantitative estimate of drug-likeness (QED) is 0.721. The fraction of sp³-hybridized carbons (Fsp3) is 0.750. The first-order chi connectivity index (χ1) is 8.68. The molecule has 0 aromatic carbocycles. The van der Waals surface area contributed by atoms with Crippen molar-refractivity contribution in [3.8, 4) is 0 Å². The summed E-state index contributed by atoms with van der Waals surface area (Å²) in [4.78, 5) is 16.5. The first-order valence-electron chi connectivity index (χ1n) is 6.55. The normalized spacial score (nSPS) is 25.0. The average molecular weight is 251 g/mol. The summed E-state index contributed by atoms with van der Waals surface area (Å²) in [6, 6.07) is -0.130. The number of carbonyl (C=O) groups is 1. The van der Waals surface area contributed by atoms with Gasteiger partial charge >= 0.3 is 0 Å². The molecule has 2 rings (SSSR count). The molecule has 6 heteroatoms. The van der Waals surface area contributed by atoms with E-state index in [0.29, 0.717) is 5.82 Å². The molecule has 1 amide bonds. The maximum absolute atomic E-state index is 12.4. The van der Waals surface area contributed by atoms with Crippen LogP contribution in [0.1, 0.15) is 45.0 Å². The second-order valence-corrected chi connectivity index (χ2v) is 5.02. The molecule has 100 valence electrons. The monoisotopic (exact) mass is 251 g/mol. The Morgan fingerprint density at radius 3 is 3.06 bits per heavy atom. The fourth-order valence-corrected chi connectivity index (χ4v) is 2.58. The molecule has 6 nitrogen and oxygen atoms in total. The van der Waals surface area contributed by atoms with E-state index in [0.717, 1.165) is 32.4 Å². The van der Waals surface area contributed by atoms with Gasteiger partial charge in [-0.15, -0.1) is 0 Å². The van der Waals surface area contributed by atoms with Gasteiger partial charge < -0.3 is 10.6 Å². The van der Waals surface area contributed by atoms with Gasteiger partial charge in [0, 0.05) is 6.54 Å². The Hall–Kier alpha value is -1.43. The minimum absolute atomic E-state index is 0.123. The molecule has 3 N–H and O–H groups in total. The molecular weight excluding hydrogens is 230 g/mol. The Morgan fingerprint density at radius 1 is 1.67 bits per heavy atom. The average Bonchev–Trinajstić information content (AvgIpc) is 3.00. The van der Waals surface area contributed by atoms with E-state index in [4.69, 9.17) is 0 Å². The third-order valence-electron chi connectivity index (χ3n) is 3.65. The number of hydrogen-bond acceptors (Lipinski definition) is 4. The van der Waals surface area contributed by atoms with E-state index < -0.39 is 0 Å². The Morgan fingerprint density at radius 2 is 2.50 bits per heavy atom. The van der Waals surface area contributed by atoms with Gasteiger partial charge in [0.25, 0.3) is 0 Å². The standard InChI is InChI=1S/C12H21N5O/c1-3-4-12(5-6-13-7-12)11(18)16-9(2)10-14-8-15-17-10/h8-9,13H,3-7H2,1-2H3,(H,16,18)(H,14,15,17). The third-order valence-corrected chi connectivity index (χ3v) is 3.65. The van der Waals surface area contributed by atoms with Crippen LogP contribution in [0.5, 0.6) is 0 Å². The van der Waals surface area contributed by atoms with E-state index in [9.17, 15) is 4.79 Å². The summed E-state index contributed by atoms with van der Waals surface area (Å²) in [7, 11) is 0. The Kier molecular flexibility index (Phi) is 3.96. The molecule has 18 heavy (non-hydrogen) atoms. The summed E-state index contributed by atoms with van der Waals surface area (Å²) in [5, 5.41) is 12.9. The van der Waals surface area contributed by atoms with Gasteiger partial charge in [-0.2, -0.15) is 5.10 Å². The molecule has 1 aromatic heterocycles. The molecule has 0 aliphatic carbocycles. The van der Waals surface area contributed by atoms with Gasteiger partial charge in [0.15, 0.2) is 0 Å². The van der Waals surface area contributed by atoms with E-state index in [-0.39, 0.29) is 17.4 Å². The molecule has 0 saturated carbocycles. The van der Waals surface area contributed by atoms with Crippen LogP contribution < -0.4 is 10.6 Å². The highest BCUT2D eigenvalue weighted by atomic mass is 16.2. The number of hydrogen-bond donors (Lipinski definition) is 3. The number of rotatable bonds is 5. The van der Waals surface area contributed by atoms with Crippen LogP contribution in [-0.2, 0) is 4.79 Å². The number of carbonyl (C=O) groups excluding carboxylic acids is 1. The third kappa shape index (κ3) is 2.53. The predicted octanol–water partition coefficient (Wildman–Crippen LogP) is 0.762. The van der Waals surface area contributed by atoms with E-state index in [1.807, 2.05) is 6.92 Å². The largest absolute Gasteiger partial charge is 0.346 e. The van der Waals surface area contributed by atoms with Gasteiger partial charge in [-0.05, 0) is 26.3 Å². The smallest absolute Gasteiger partial charge is 0.228 e. The topological polar surface area (TPSA) is 82.7 Å². The molecule has 2 atom stereocenters. The number of aromatic amines is 1. The highest BCUT2D eigenvalue weighted by molar-refractivity contribution is 5.83. The van der Waals surface area contributed by atoms with Gasteiger partial charge in [0.1, 0.15) is 12.2 Å². The number of nitrogens with zero attached hydrogens (tertiary/aromatic N) is 2. The van der Waals surface area contributed by atoms with Gasteiger partial charge in [0.05, 0.1) is 11.5 Å². The van der Waals surface area contributed by atoms with E-state index in [2.05, 4.69) is 32.7 Å². The van der Waals surface area contributed by atoms with Gasteiger partial charge in [-0.3, -0.25) is 9.89 Å². The van der Waals surface area contributed by atoms with Crippen molar-refractivity contribution < 1.29 is 4.79 Å². The van der Waals surface area contributed by atoms with E-state index >= 15 is 0 Å². The lowest BCUT2D eigenvalue weighted by Gasteiger charge is -2.27. The zero-order valence-electron chi connectivity index (χ0n) is 11.0. The summed E-state index contributed by atoms with van der Waals surface area (Å²) in [6.45, 7) is 5.73. The van der Waals surface area contributed by atoms with Crippen LogP contribution in [0.4, 0.5) is 0 Å². The minimum atomic E-state index is -0.247. The van der Waals surface area contributed by atoms with Gasteiger partial charge in [-0.25, -0.2) is 4.98 Å². The van der Waals surface area contributed by atoms with E-state index in [1.165, 1.54) is 6.33 Å². The van der Waals surface area contributed by atoms with Crippen molar-refractivity contribution in [2.75, 3.05) is 13.1 Å². The lowest BCUT2D eigenvalue weighted by atomic mass is 9.81. The SMILES string of the molecule is CCCC1(C(=O)NC(C)c2ncn[nH]2)CCNC1. The highest BCUT2D eigenvalue weighted by Gasteiger charge is 2.40. The van der Waals surface area contributed by atoms with Crippen molar-refractivity contribution in [1.29, 1.82) is 0 Å². The van der Waals surface area contributed by atoms with Crippen molar-refractivity contribution >= 4 is 5.91 Å². The van der Waals surface area contributed by atoms with Gasteiger partial charge in [0.2, 0.25) is 5.91 Å². The second-order valence-electron chi connectivity index (χ2n) is 5.02. The summed E-state index contributed by atoms with van der Waals surface area (Å²) in [6.07, 6.45) is 4.31. The number of H-pyrrole nitrogens is 1. The van der Waals surface area contributed by atoms with Crippen LogP contribution in [-0.4, -0.2) is 34.2 Å². The molecule has 2 heterocycles. The molecule has 1 fully saturated rings. The predicted molar refractivity (Wildman–Crippen MR) is 67.8 cm³/mol. The lowest BCUT2D eigenvalue weighted by Crippen LogP contribution is -2.43. The van der Waals surface area contributed by atoms with Crippen LogP contribution in [0, 0.1) is 5.41 Å². The Labute approximate surface area is 107 Å².